The number of aromatic nitrogens is 1. The van der Waals surface area contributed by atoms with E-state index < -0.39 is 0 Å². The Kier molecular flexibility index (Phi) is 4.80. The molecule has 21 heavy (non-hydrogen) atoms. The quantitative estimate of drug-likeness (QED) is 0.714. The van der Waals surface area contributed by atoms with E-state index in [4.69, 9.17) is 5.73 Å². The van der Waals surface area contributed by atoms with Crippen LogP contribution in [0.25, 0.3) is 10.2 Å². The highest BCUT2D eigenvalue weighted by Crippen LogP contribution is 2.34. The minimum Gasteiger partial charge on any atom is -0.397 e. The van der Waals surface area contributed by atoms with Gasteiger partial charge in [0.2, 0.25) is 0 Å². The third kappa shape index (κ3) is 3.51. The summed E-state index contributed by atoms with van der Waals surface area (Å²) in [5.74, 6) is -0.0960. The monoisotopic (exact) mass is 307 g/mol. The second-order valence-corrected chi connectivity index (χ2v) is 6.67. The molecule has 5 nitrogen and oxygen atoms in total. The van der Waals surface area contributed by atoms with Crippen LogP contribution in [0, 0.1) is 13.8 Å². The number of thiophene rings is 1. The van der Waals surface area contributed by atoms with Crippen LogP contribution in [0.3, 0.4) is 0 Å². The number of fused-ring (bicyclic) bond motifs is 1. The maximum absolute atomic E-state index is 12.3. The van der Waals surface area contributed by atoms with Crippen LogP contribution >= 0.6 is 11.3 Å². The molecule has 2 rings (SSSR count). The largest absolute Gasteiger partial charge is 0.397 e. The fourth-order valence-electron chi connectivity index (χ4n) is 2.36. The minimum absolute atomic E-state index is 0.0960. The van der Waals surface area contributed by atoms with Crippen molar-refractivity contribution in [2.45, 2.75) is 20.3 Å². The molecule has 1 amide bonds. The molecule has 0 saturated heterocycles. The van der Waals surface area contributed by atoms with Gasteiger partial charge in [0.15, 0.2) is 0 Å². The van der Waals surface area contributed by atoms with E-state index in [-0.39, 0.29) is 5.91 Å². The van der Waals surface area contributed by atoms with Crippen molar-refractivity contribution in [2.24, 2.45) is 0 Å². The van der Waals surface area contributed by atoms with Gasteiger partial charge >= 0.3 is 0 Å². The van der Waals surface area contributed by atoms with E-state index in [1.165, 1.54) is 16.2 Å². The summed E-state index contributed by atoms with van der Waals surface area (Å²) in [6.07, 6.45) is 0.954. The summed E-state index contributed by atoms with van der Waals surface area (Å²) >= 11 is 1.37. The average molecular weight is 307 g/mol. The number of hydrogen-bond acceptors (Lipinski definition) is 4. The predicted octanol–water partition coefficient (Wildman–Crippen LogP) is 0.760. The molecule has 0 saturated carbocycles. The van der Waals surface area contributed by atoms with E-state index >= 15 is 0 Å². The van der Waals surface area contributed by atoms with Crippen LogP contribution in [-0.2, 0) is 0 Å². The third-order valence-electron chi connectivity index (χ3n) is 3.37. The molecule has 0 spiro atoms. The Labute approximate surface area is 129 Å². The Hall–Kier alpha value is -1.66. The van der Waals surface area contributed by atoms with Crippen LogP contribution in [0.4, 0.5) is 5.69 Å². The molecule has 0 aliphatic rings. The van der Waals surface area contributed by atoms with Crippen LogP contribution < -0.4 is 16.0 Å². The van der Waals surface area contributed by atoms with Gasteiger partial charge in [-0.2, -0.15) is 0 Å². The first kappa shape index (κ1) is 15.7. The van der Waals surface area contributed by atoms with Gasteiger partial charge in [-0.05, 0) is 25.5 Å². The van der Waals surface area contributed by atoms with E-state index in [9.17, 15) is 4.79 Å². The second-order valence-electron chi connectivity index (χ2n) is 5.67. The Bertz CT molecular complexity index is 663. The fourth-order valence-corrected chi connectivity index (χ4v) is 3.49. The minimum atomic E-state index is -0.0960. The van der Waals surface area contributed by atoms with Crippen molar-refractivity contribution >= 4 is 33.1 Å². The van der Waals surface area contributed by atoms with E-state index in [0.29, 0.717) is 17.1 Å². The number of rotatable bonds is 5. The lowest BCUT2D eigenvalue weighted by Gasteiger charge is -2.07. The molecule has 0 unspecified atom stereocenters. The Morgan fingerprint density at radius 1 is 1.43 bits per heavy atom. The molecular formula is C15H23N4OS+. The smallest absolute Gasteiger partial charge is 0.263 e. The third-order valence-corrected chi connectivity index (χ3v) is 4.47. The van der Waals surface area contributed by atoms with Gasteiger partial charge in [0.1, 0.15) is 9.71 Å². The number of quaternary nitrogens is 1. The highest BCUT2D eigenvalue weighted by atomic mass is 32.1. The number of carbonyl (C=O) groups excluding carboxylic acids is 1. The van der Waals surface area contributed by atoms with E-state index in [0.717, 1.165) is 34.4 Å². The summed E-state index contributed by atoms with van der Waals surface area (Å²) in [6.45, 7) is 5.65. The van der Waals surface area contributed by atoms with Crippen molar-refractivity contribution in [3.8, 4) is 0 Å². The van der Waals surface area contributed by atoms with Gasteiger partial charge in [-0.15, -0.1) is 11.3 Å². The molecule has 2 aromatic heterocycles. The van der Waals surface area contributed by atoms with E-state index in [1.807, 2.05) is 19.9 Å². The highest BCUT2D eigenvalue weighted by Gasteiger charge is 2.18. The molecule has 4 N–H and O–H groups in total. The summed E-state index contributed by atoms with van der Waals surface area (Å²) < 4.78 is 0. The number of nitrogens with one attached hydrogen (secondary N) is 2. The molecule has 114 valence electrons. The molecule has 0 aliphatic heterocycles. The molecular weight excluding hydrogens is 284 g/mol. The highest BCUT2D eigenvalue weighted by molar-refractivity contribution is 7.21. The predicted molar refractivity (Wildman–Crippen MR) is 88.1 cm³/mol. The van der Waals surface area contributed by atoms with Gasteiger partial charge in [0, 0.05) is 24.0 Å². The van der Waals surface area contributed by atoms with Crippen LogP contribution in [0.2, 0.25) is 0 Å². The zero-order valence-corrected chi connectivity index (χ0v) is 13.9. The zero-order chi connectivity index (χ0) is 15.6. The van der Waals surface area contributed by atoms with Crippen molar-refractivity contribution < 1.29 is 9.69 Å². The lowest BCUT2D eigenvalue weighted by Crippen LogP contribution is -3.05. The normalized spacial score (nSPS) is 11.3. The summed E-state index contributed by atoms with van der Waals surface area (Å²) in [4.78, 5) is 19.5. The van der Waals surface area contributed by atoms with Crippen LogP contribution in [0.5, 0.6) is 0 Å². The van der Waals surface area contributed by atoms with Crippen molar-refractivity contribution in [1.29, 1.82) is 0 Å². The molecule has 2 heterocycles. The first-order chi connectivity index (χ1) is 9.90. The molecule has 0 fully saturated rings. The molecule has 6 heteroatoms. The molecule has 0 aromatic carbocycles. The number of pyridine rings is 1. The first-order valence-corrected chi connectivity index (χ1v) is 7.95. The van der Waals surface area contributed by atoms with Gasteiger partial charge in [0.25, 0.3) is 5.91 Å². The Morgan fingerprint density at radius 2 is 2.14 bits per heavy atom. The summed E-state index contributed by atoms with van der Waals surface area (Å²) in [5.41, 5.74) is 8.72. The first-order valence-electron chi connectivity index (χ1n) is 7.13. The van der Waals surface area contributed by atoms with Gasteiger partial charge in [-0.3, -0.25) is 4.79 Å². The molecule has 0 radical (unpaired) electrons. The number of hydrogen-bond donors (Lipinski definition) is 3. The molecule has 0 aliphatic carbocycles. The van der Waals surface area contributed by atoms with Crippen LogP contribution in [0.1, 0.15) is 27.3 Å². The van der Waals surface area contributed by atoms with Crippen LogP contribution in [0.15, 0.2) is 6.07 Å². The molecule has 0 atom stereocenters. The van der Waals surface area contributed by atoms with Crippen molar-refractivity contribution in [2.75, 3.05) is 32.9 Å². The van der Waals surface area contributed by atoms with E-state index in [2.05, 4.69) is 24.4 Å². The fraction of sp³-hybridized carbons (Fsp3) is 0.467. The number of nitrogens with two attached hydrogens (primary N) is 1. The zero-order valence-electron chi connectivity index (χ0n) is 13.0. The molecule has 0 bridgehead atoms. The SMILES string of the molecule is Cc1cc(C)c2c(N)c(C(=O)NCCC[NH+](C)C)sc2n1. The van der Waals surface area contributed by atoms with Crippen LogP contribution in [-0.4, -0.2) is 38.1 Å². The number of nitrogens with zero attached hydrogens (tertiary/aromatic N) is 1. The maximum atomic E-state index is 12.3. The Morgan fingerprint density at radius 3 is 2.81 bits per heavy atom. The topological polar surface area (TPSA) is 72.5 Å². The molecule has 2 aromatic rings. The Balaban J connectivity index is 2.16. The number of amides is 1. The van der Waals surface area contributed by atoms with Crippen molar-refractivity contribution in [3.05, 3.63) is 22.2 Å². The summed E-state index contributed by atoms with van der Waals surface area (Å²) in [5, 5.41) is 3.85. The van der Waals surface area contributed by atoms with Gasteiger partial charge in [-0.1, -0.05) is 0 Å². The number of carbonyl (C=O) groups is 1. The van der Waals surface area contributed by atoms with Crippen molar-refractivity contribution in [3.63, 3.8) is 0 Å². The lowest BCUT2D eigenvalue weighted by molar-refractivity contribution is -0.858. The standard InChI is InChI=1S/C15H22N4OS/c1-9-8-10(2)18-15-11(9)12(16)13(21-15)14(20)17-6-5-7-19(3)4/h8H,5-7,16H2,1-4H3,(H,17,20)/p+1. The second kappa shape index (κ2) is 6.41. The van der Waals surface area contributed by atoms with Gasteiger partial charge in [-0.25, -0.2) is 4.98 Å². The van der Waals surface area contributed by atoms with Gasteiger partial charge < -0.3 is 16.0 Å². The number of aryl methyl sites for hydroxylation is 2. The number of nitrogen functional groups attached to an aromatic ring is 1. The van der Waals surface area contributed by atoms with E-state index in [1.54, 1.807) is 0 Å². The summed E-state index contributed by atoms with van der Waals surface area (Å²) in [6, 6.07) is 1.99. The number of anilines is 1. The summed E-state index contributed by atoms with van der Waals surface area (Å²) in [7, 11) is 4.20. The maximum Gasteiger partial charge on any atom is 0.263 e. The lowest BCUT2D eigenvalue weighted by atomic mass is 10.1. The average Bonchev–Trinajstić information content (AvgIpc) is 2.71. The van der Waals surface area contributed by atoms with Gasteiger partial charge in [0.05, 0.1) is 26.3 Å². The van der Waals surface area contributed by atoms with Crippen molar-refractivity contribution in [1.82, 2.24) is 10.3 Å².